The fraction of sp³-hybridized carbons (Fsp3) is 0.600. The van der Waals surface area contributed by atoms with Gasteiger partial charge in [0.1, 0.15) is 0 Å². The lowest BCUT2D eigenvalue weighted by Crippen LogP contribution is -2.06. The second-order valence-electron chi connectivity index (χ2n) is 4.77. The van der Waals surface area contributed by atoms with Gasteiger partial charge in [0.15, 0.2) is 9.84 Å². The predicted octanol–water partition coefficient (Wildman–Crippen LogP) is 3.99. The summed E-state index contributed by atoms with van der Waals surface area (Å²) in [6.07, 6.45) is 6.14. The summed E-state index contributed by atoms with van der Waals surface area (Å²) in [5.74, 6) is 0.273. The summed E-state index contributed by atoms with van der Waals surface area (Å²) < 4.78 is 24.1. The molecule has 0 aromatic heterocycles. The summed E-state index contributed by atoms with van der Waals surface area (Å²) in [5, 5.41) is 0. The third-order valence-electron chi connectivity index (χ3n) is 3.12. The van der Waals surface area contributed by atoms with Crippen LogP contribution < -0.4 is 0 Å². The summed E-state index contributed by atoms with van der Waals surface area (Å²) in [6.45, 7) is 4.24. The van der Waals surface area contributed by atoms with E-state index in [1.807, 2.05) is 12.1 Å². The average molecular weight is 268 g/mol. The number of hydrogen-bond donors (Lipinski definition) is 0. The molecule has 0 aliphatic carbocycles. The van der Waals surface area contributed by atoms with Gasteiger partial charge in [0.2, 0.25) is 0 Å². The van der Waals surface area contributed by atoms with Crippen LogP contribution in [-0.4, -0.2) is 14.2 Å². The Morgan fingerprint density at radius 1 is 0.889 bits per heavy atom. The van der Waals surface area contributed by atoms with Gasteiger partial charge in [-0.15, -0.1) is 0 Å². The molecule has 1 aromatic rings. The molecular formula is C15H24O2S. The SMILES string of the molecule is CCCCCS(=O)(=O)c1ccc(CCCC)cc1. The van der Waals surface area contributed by atoms with Crippen LogP contribution in [0.5, 0.6) is 0 Å². The first-order chi connectivity index (χ1) is 8.60. The molecule has 0 saturated heterocycles. The summed E-state index contributed by atoms with van der Waals surface area (Å²) in [4.78, 5) is 0.471. The molecule has 0 radical (unpaired) electrons. The van der Waals surface area contributed by atoms with E-state index in [0.29, 0.717) is 4.90 Å². The molecule has 0 heterocycles. The fourth-order valence-electron chi connectivity index (χ4n) is 1.90. The quantitative estimate of drug-likeness (QED) is 0.668. The van der Waals surface area contributed by atoms with E-state index < -0.39 is 9.84 Å². The van der Waals surface area contributed by atoms with Crippen LogP contribution >= 0.6 is 0 Å². The maximum absolute atomic E-state index is 12.0. The molecule has 0 amide bonds. The minimum Gasteiger partial charge on any atom is -0.224 e. The third-order valence-corrected chi connectivity index (χ3v) is 4.93. The number of benzene rings is 1. The zero-order valence-corrected chi connectivity index (χ0v) is 12.3. The summed E-state index contributed by atoms with van der Waals surface area (Å²) in [5.41, 5.74) is 1.23. The molecule has 102 valence electrons. The van der Waals surface area contributed by atoms with Gasteiger partial charge in [0.25, 0.3) is 0 Å². The monoisotopic (exact) mass is 268 g/mol. The van der Waals surface area contributed by atoms with Crippen molar-refractivity contribution in [3.8, 4) is 0 Å². The van der Waals surface area contributed by atoms with E-state index in [4.69, 9.17) is 0 Å². The first kappa shape index (κ1) is 15.2. The van der Waals surface area contributed by atoms with Crippen LogP contribution in [0, 0.1) is 0 Å². The van der Waals surface area contributed by atoms with E-state index in [1.54, 1.807) is 12.1 Å². The lowest BCUT2D eigenvalue weighted by Gasteiger charge is -2.05. The van der Waals surface area contributed by atoms with Gasteiger partial charge in [-0.2, -0.15) is 0 Å². The lowest BCUT2D eigenvalue weighted by molar-refractivity contribution is 0.591. The molecule has 0 fully saturated rings. The molecule has 0 atom stereocenters. The highest BCUT2D eigenvalue weighted by Gasteiger charge is 2.13. The van der Waals surface area contributed by atoms with Gasteiger partial charge in [-0.05, 0) is 37.0 Å². The number of sulfone groups is 1. The number of rotatable bonds is 8. The van der Waals surface area contributed by atoms with Gasteiger partial charge in [0, 0.05) is 0 Å². The van der Waals surface area contributed by atoms with E-state index in [0.717, 1.165) is 38.5 Å². The van der Waals surface area contributed by atoms with Crippen molar-refractivity contribution in [1.82, 2.24) is 0 Å². The first-order valence-electron chi connectivity index (χ1n) is 6.92. The first-order valence-corrected chi connectivity index (χ1v) is 8.57. The molecule has 0 N–H and O–H groups in total. The molecule has 18 heavy (non-hydrogen) atoms. The van der Waals surface area contributed by atoms with Gasteiger partial charge in [0.05, 0.1) is 10.6 Å². The Morgan fingerprint density at radius 3 is 2.06 bits per heavy atom. The molecule has 1 aromatic carbocycles. The van der Waals surface area contributed by atoms with E-state index in [2.05, 4.69) is 13.8 Å². The molecular weight excluding hydrogens is 244 g/mol. The molecule has 0 aliphatic heterocycles. The Kier molecular flexibility index (Phi) is 6.41. The predicted molar refractivity (Wildman–Crippen MR) is 76.6 cm³/mol. The van der Waals surface area contributed by atoms with E-state index in [-0.39, 0.29) is 5.75 Å². The largest absolute Gasteiger partial charge is 0.224 e. The Morgan fingerprint density at radius 2 is 1.50 bits per heavy atom. The maximum Gasteiger partial charge on any atom is 0.178 e. The Hall–Kier alpha value is -0.830. The number of aryl methyl sites for hydroxylation is 1. The smallest absolute Gasteiger partial charge is 0.178 e. The van der Waals surface area contributed by atoms with Crippen molar-refractivity contribution >= 4 is 9.84 Å². The van der Waals surface area contributed by atoms with E-state index >= 15 is 0 Å². The van der Waals surface area contributed by atoms with Crippen molar-refractivity contribution in [2.75, 3.05) is 5.75 Å². The minimum atomic E-state index is -3.07. The minimum absolute atomic E-state index is 0.273. The van der Waals surface area contributed by atoms with Gasteiger partial charge in [-0.1, -0.05) is 45.2 Å². The van der Waals surface area contributed by atoms with Crippen LogP contribution in [0.2, 0.25) is 0 Å². The van der Waals surface area contributed by atoms with Crippen molar-refractivity contribution in [1.29, 1.82) is 0 Å². The molecule has 0 saturated carbocycles. The average Bonchev–Trinajstić information content (AvgIpc) is 2.37. The highest BCUT2D eigenvalue weighted by Crippen LogP contribution is 2.15. The third kappa shape index (κ3) is 4.81. The van der Waals surface area contributed by atoms with Crippen LogP contribution in [0.25, 0.3) is 0 Å². The van der Waals surface area contributed by atoms with Crippen LogP contribution in [-0.2, 0) is 16.3 Å². The summed E-state index contributed by atoms with van der Waals surface area (Å²) >= 11 is 0. The molecule has 0 bridgehead atoms. The number of unbranched alkanes of at least 4 members (excludes halogenated alkanes) is 3. The van der Waals surface area contributed by atoms with Crippen molar-refractivity contribution < 1.29 is 8.42 Å². The molecule has 1 rings (SSSR count). The molecule has 0 spiro atoms. The second-order valence-corrected chi connectivity index (χ2v) is 6.88. The number of hydrogen-bond acceptors (Lipinski definition) is 2. The molecule has 2 nitrogen and oxygen atoms in total. The highest BCUT2D eigenvalue weighted by molar-refractivity contribution is 7.91. The van der Waals surface area contributed by atoms with Crippen LogP contribution in [0.1, 0.15) is 51.5 Å². The topological polar surface area (TPSA) is 34.1 Å². The normalized spacial score (nSPS) is 11.7. The van der Waals surface area contributed by atoms with Crippen LogP contribution in [0.4, 0.5) is 0 Å². The summed E-state index contributed by atoms with van der Waals surface area (Å²) in [6, 6.07) is 7.41. The van der Waals surface area contributed by atoms with Gasteiger partial charge in [-0.25, -0.2) is 8.42 Å². The summed E-state index contributed by atoms with van der Waals surface area (Å²) in [7, 11) is -3.07. The van der Waals surface area contributed by atoms with Crippen molar-refractivity contribution in [2.24, 2.45) is 0 Å². The molecule has 3 heteroatoms. The zero-order chi connectivity index (χ0) is 13.4. The van der Waals surface area contributed by atoms with Gasteiger partial charge >= 0.3 is 0 Å². The standard InChI is InChI=1S/C15H24O2S/c1-3-5-7-13-18(16,17)15-11-9-14(10-12-15)8-6-4-2/h9-12H,3-8,13H2,1-2H3. The van der Waals surface area contributed by atoms with E-state index in [1.165, 1.54) is 5.56 Å². The Balaban J connectivity index is 2.65. The zero-order valence-electron chi connectivity index (χ0n) is 11.5. The van der Waals surface area contributed by atoms with Crippen molar-refractivity contribution in [2.45, 2.75) is 57.3 Å². The lowest BCUT2D eigenvalue weighted by atomic mass is 10.1. The second kappa shape index (κ2) is 7.57. The molecule has 0 aliphatic rings. The van der Waals surface area contributed by atoms with Gasteiger partial charge in [-0.3, -0.25) is 0 Å². The van der Waals surface area contributed by atoms with Crippen molar-refractivity contribution in [3.05, 3.63) is 29.8 Å². The highest BCUT2D eigenvalue weighted by atomic mass is 32.2. The molecule has 0 unspecified atom stereocenters. The van der Waals surface area contributed by atoms with Crippen LogP contribution in [0.15, 0.2) is 29.2 Å². The van der Waals surface area contributed by atoms with Gasteiger partial charge < -0.3 is 0 Å². The Bertz CT molecular complexity index is 432. The fourth-order valence-corrected chi connectivity index (χ4v) is 3.27. The van der Waals surface area contributed by atoms with Crippen LogP contribution in [0.3, 0.4) is 0 Å². The maximum atomic E-state index is 12.0. The van der Waals surface area contributed by atoms with E-state index in [9.17, 15) is 8.42 Å². The van der Waals surface area contributed by atoms with Crippen molar-refractivity contribution in [3.63, 3.8) is 0 Å². The Labute approximate surface area is 111 Å².